The van der Waals surface area contributed by atoms with Gasteiger partial charge in [-0.3, -0.25) is 0 Å². The summed E-state index contributed by atoms with van der Waals surface area (Å²) >= 11 is 3.45. The monoisotopic (exact) mass is 302 g/mol. The molecule has 4 heteroatoms. The molecule has 0 saturated heterocycles. The number of hydrogen-bond donors (Lipinski definition) is 1. The zero-order valence-corrected chi connectivity index (χ0v) is 11.4. The Balaban J connectivity index is 2.19. The Bertz CT molecular complexity index is 706. The Morgan fingerprint density at radius 2 is 2.00 bits per heavy atom. The van der Waals surface area contributed by atoms with Crippen LogP contribution in [-0.4, -0.2) is 17.1 Å². The molecule has 0 fully saturated rings. The van der Waals surface area contributed by atoms with Crippen molar-refractivity contribution in [2.24, 2.45) is 0 Å². The number of methoxy groups -OCH3 is 1. The molecule has 0 aliphatic heterocycles. The zero-order chi connectivity index (χ0) is 12.5. The van der Waals surface area contributed by atoms with Crippen molar-refractivity contribution in [3.63, 3.8) is 0 Å². The third kappa shape index (κ3) is 1.88. The highest BCUT2D eigenvalue weighted by Gasteiger charge is 2.09. The van der Waals surface area contributed by atoms with Crippen molar-refractivity contribution in [1.82, 2.24) is 9.97 Å². The van der Waals surface area contributed by atoms with Crippen LogP contribution in [0.25, 0.3) is 22.4 Å². The lowest BCUT2D eigenvalue weighted by Crippen LogP contribution is -1.88. The van der Waals surface area contributed by atoms with Gasteiger partial charge in [0, 0.05) is 4.47 Å². The molecule has 0 spiro atoms. The Hall–Kier alpha value is -1.81. The van der Waals surface area contributed by atoms with E-state index in [4.69, 9.17) is 4.74 Å². The first kappa shape index (κ1) is 11.3. The van der Waals surface area contributed by atoms with E-state index in [0.29, 0.717) is 0 Å². The van der Waals surface area contributed by atoms with Crippen LogP contribution >= 0.6 is 15.9 Å². The molecule has 0 aliphatic carbocycles. The van der Waals surface area contributed by atoms with Crippen LogP contribution in [0.2, 0.25) is 0 Å². The number of aromatic amines is 1. The van der Waals surface area contributed by atoms with Crippen molar-refractivity contribution in [2.75, 3.05) is 7.11 Å². The van der Waals surface area contributed by atoms with Crippen molar-refractivity contribution in [2.45, 2.75) is 0 Å². The topological polar surface area (TPSA) is 37.9 Å². The minimum atomic E-state index is 0.815. The Kier molecular flexibility index (Phi) is 2.80. The van der Waals surface area contributed by atoms with Crippen LogP contribution in [-0.2, 0) is 0 Å². The fourth-order valence-electron chi connectivity index (χ4n) is 1.95. The molecule has 18 heavy (non-hydrogen) atoms. The lowest BCUT2D eigenvalue weighted by molar-refractivity contribution is 0.416. The van der Waals surface area contributed by atoms with E-state index in [1.54, 1.807) is 7.11 Å². The molecular formula is C14H11BrN2O. The van der Waals surface area contributed by atoms with Crippen LogP contribution in [0.3, 0.4) is 0 Å². The lowest BCUT2D eigenvalue weighted by Gasteiger charge is -2.04. The standard InChI is InChI=1S/C14H11BrN2O/c1-18-13-5-3-2-4-10(13)14-16-11-7-6-9(15)8-12(11)17-14/h2-8H,1H3,(H,16,17). The summed E-state index contributed by atoms with van der Waals surface area (Å²) in [4.78, 5) is 7.88. The summed E-state index contributed by atoms with van der Waals surface area (Å²) in [6.07, 6.45) is 0. The molecule has 0 unspecified atom stereocenters. The summed E-state index contributed by atoms with van der Waals surface area (Å²) in [6.45, 7) is 0. The highest BCUT2D eigenvalue weighted by molar-refractivity contribution is 9.10. The quantitative estimate of drug-likeness (QED) is 0.777. The molecule has 1 aromatic heterocycles. The van der Waals surface area contributed by atoms with Gasteiger partial charge in [0.2, 0.25) is 0 Å². The minimum absolute atomic E-state index is 0.815. The van der Waals surface area contributed by atoms with Crippen molar-refractivity contribution in [3.05, 3.63) is 46.9 Å². The summed E-state index contributed by atoms with van der Waals surface area (Å²) < 4.78 is 6.38. The van der Waals surface area contributed by atoms with Crippen molar-refractivity contribution in [1.29, 1.82) is 0 Å². The molecule has 3 rings (SSSR count). The van der Waals surface area contributed by atoms with E-state index < -0.39 is 0 Å². The van der Waals surface area contributed by atoms with Crippen LogP contribution in [0.1, 0.15) is 0 Å². The van der Waals surface area contributed by atoms with Gasteiger partial charge < -0.3 is 9.72 Å². The first-order chi connectivity index (χ1) is 8.78. The van der Waals surface area contributed by atoms with E-state index in [2.05, 4.69) is 25.9 Å². The van der Waals surface area contributed by atoms with Crippen LogP contribution in [0.15, 0.2) is 46.9 Å². The molecule has 0 amide bonds. The van der Waals surface area contributed by atoms with Gasteiger partial charge >= 0.3 is 0 Å². The molecule has 3 nitrogen and oxygen atoms in total. The average Bonchev–Trinajstić information content (AvgIpc) is 2.81. The number of aromatic nitrogens is 2. The maximum Gasteiger partial charge on any atom is 0.142 e. The summed E-state index contributed by atoms with van der Waals surface area (Å²) in [5, 5.41) is 0. The number of rotatable bonds is 2. The highest BCUT2D eigenvalue weighted by Crippen LogP contribution is 2.29. The molecule has 1 heterocycles. The molecule has 0 radical (unpaired) electrons. The number of fused-ring (bicyclic) bond motifs is 1. The van der Waals surface area contributed by atoms with Crippen molar-refractivity contribution < 1.29 is 4.74 Å². The van der Waals surface area contributed by atoms with Gasteiger partial charge in [-0.2, -0.15) is 0 Å². The number of imidazole rings is 1. The normalized spacial score (nSPS) is 10.8. The van der Waals surface area contributed by atoms with E-state index in [1.807, 2.05) is 42.5 Å². The van der Waals surface area contributed by atoms with E-state index in [0.717, 1.165) is 32.6 Å². The molecule has 1 N–H and O–H groups in total. The molecule has 90 valence electrons. The fraction of sp³-hybridized carbons (Fsp3) is 0.0714. The van der Waals surface area contributed by atoms with E-state index in [9.17, 15) is 0 Å². The van der Waals surface area contributed by atoms with Gasteiger partial charge in [0.15, 0.2) is 0 Å². The first-order valence-corrected chi connectivity index (χ1v) is 6.36. The zero-order valence-electron chi connectivity index (χ0n) is 9.77. The largest absolute Gasteiger partial charge is 0.496 e. The molecular weight excluding hydrogens is 292 g/mol. The Morgan fingerprint density at radius 1 is 1.17 bits per heavy atom. The summed E-state index contributed by atoms with van der Waals surface area (Å²) in [7, 11) is 1.66. The van der Waals surface area contributed by atoms with Gasteiger partial charge in [-0.15, -0.1) is 0 Å². The molecule has 0 aliphatic rings. The maximum absolute atomic E-state index is 5.35. The number of halogens is 1. The fourth-order valence-corrected chi connectivity index (χ4v) is 2.31. The number of benzene rings is 2. The lowest BCUT2D eigenvalue weighted by atomic mass is 10.2. The van der Waals surface area contributed by atoms with Crippen LogP contribution in [0.5, 0.6) is 5.75 Å². The molecule has 0 saturated carbocycles. The Morgan fingerprint density at radius 3 is 2.83 bits per heavy atom. The van der Waals surface area contributed by atoms with Gasteiger partial charge in [0.1, 0.15) is 11.6 Å². The van der Waals surface area contributed by atoms with Crippen LogP contribution in [0, 0.1) is 0 Å². The molecule has 2 aromatic carbocycles. The number of hydrogen-bond acceptors (Lipinski definition) is 2. The highest BCUT2D eigenvalue weighted by atomic mass is 79.9. The number of nitrogens with one attached hydrogen (secondary N) is 1. The predicted octanol–water partition coefficient (Wildman–Crippen LogP) is 4.00. The van der Waals surface area contributed by atoms with Gasteiger partial charge in [0.25, 0.3) is 0 Å². The number of ether oxygens (including phenoxy) is 1. The van der Waals surface area contributed by atoms with Crippen molar-refractivity contribution >= 4 is 27.0 Å². The van der Waals surface area contributed by atoms with E-state index >= 15 is 0 Å². The third-order valence-electron chi connectivity index (χ3n) is 2.81. The SMILES string of the molecule is COc1ccccc1-c1nc2ccc(Br)cc2[nH]1. The van der Waals surface area contributed by atoms with Crippen LogP contribution in [0.4, 0.5) is 0 Å². The minimum Gasteiger partial charge on any atom is -0.496 e. The van der Waals surface area contributed by atoms with Crippen LogP contribution < -0.4 is 4.74 Å². The molecule has 0 bridgehead atoms. The summed E-state index contributed by atoms with van der Waals surface area (Å²) in [5.74, 6) is 1.64. The second kappa shape index (κ2) is 4.46. The maximum atomic E-state index is 5.35. The smallest absolute Gasteiger partial charge is 0.142 e. The summed E-state index contributed by atoms with van der Waals surface area (Å²) in [6, 6.07) is 13.8. The van der Waals surface area contributed by atoms with Gasteiger partial charge in [0.05, 0.1) is 23.7 Å². The molecule has 3 aromatic rings. The Labute approximate surface area is 113 Å². The number of nitrogens with zero attached hydrogens (tertiary/aromatic N) is 1. The predicted molar refractivity (Wildman–Crippen MR) is 75.8 cm³/mol. The van der Waals surface area contributed by atoms with Gasteiger partial charge in [-0.25, -0.2) is 4.98 Å². The third-order valence-corrected chi connectivity index (χ3v) is 3.30. The van der Waals surface area contributed by atoms with Gasteiger partial charge in [-0.05, 0) is 30.3 Å². The first-order valence-electron chi connectivity index (χ1n) is 5.56. The van der Waals surface area contributed by atoms with E-state index in [1.165, 1.54) is 0 Å². The van der Waals surface area contributed by atoms with Gasteiger partial charge in [-0.1, -0.05) is 28.1 Å². The second-order valence-corrected chi connectivity index (χ2v) is 4.86. The molecule has 0 atom stereocenters. The number of H-pyrrole nitrogens is 1. The second-order valence-electron chi connectivity index (χ2n) is 3.95. The summed E-state index contributed by atoms with van der Waals surface area (Å²) in [5.41, 5.74) is 2.91. The number of para-hydroxylation sites is 1. The van der Waals surface area contributed by atoms with Crippen molar-refractivity contribution in [3.8, 4) is 17.1 Å². The van der Waals surface area contributed by atoms with E-state index in [-0.39, 0.29) is 0 Å². The average molecular weight is 303 g/mol.